The van der Waals surface area contributed by atoms with E-state index in [1.165, 1.54) is 0 Å². The van der Waals surface area contributed by atoms with E-state index in [0.717, 1.165) is 11.2 Å². The standard InChI is InChI=1S/C9H6N2/c1-2-8-4-3-6-11-7-5-10-9(8)11/h1,3-7H. The normalized spacial score (nSPS) is 9.73. The molecule has 2 heteroatoms. The lowest BCUT2D eigenvalue weighted by atomic mass is 10.3. The molecule has 0 saturated heterocycles. The first-order valence-electron chi connectivity index (χ1n) is 3.30. The molecule has 0 bridgehead atoms. The Morgan fingerprint density at radius 2 is 2.36 bits per heavy atom. The monoisotopic (exact) mass is 142 g/mol. The first kappa shape index (κ1) is 5.99. The molecule has 0 N–H and O–H groups in total. The van der Waals surface area contributed by atoms with E-state index >= 15 is 0 Å². The number of pyridine rings is 1. The molecular weight excluding hydrogens is 136 g/mol. The van der Waals surface area contributed by atoms with Gasteiger partial charge in [-0.15, -0.1) is 6.42 Å². The number of hydrogen-bond donors (Lipinski definition) is 0. The van der Waals surface area contributed by atoms with Crippen LogP contribution in [0.25, 0.3) is 5.65 Å². The van der Waals surface area contributed by atoms with Gasteiger partial charge in [0.2, 0.25) is 0 Å². The topological polar surface area (TPSA) is 17.3 Å². The van der Waals surface area contributed by atoms with Crippen LogP contribution in [0.4, 0.5) is 0 Å². The fraction of sp³-hybridized carbons (Fsp3) is 0. The van der Waals surface area contributed by atoms with Crippen molar-refractivity contribution in [2.75, 3.05) is 0 Å². The summed E-state index contributed by atoms with van der Waals surface area (Å²) < 4.78 is 1.90. The Kier molecular flexibility index (Phi) is 1.16. The van der Waals surface area contributed by atoms with Crippen LogP contribution in [0.15, 0.2) is 30.7 Å². The molecule has 2 heterocycles. The quantitative estimate of drug-likeness (QED) is 0.507. The van der Waals surface area contributed by atoms with Crippen molar-refractivity contribution in [3.05, 3.63) is 36.3 Å². The van der Waals surface area contributed by atoms with Crippen LogP contribution >= 0.6 is 0 Å². The van der Waals surface area contributed by atoms with Gasteiger partial charge in [-0.1, -0.05) is 5.92 Å². The van der Waals surface area contributed by atoms with E-state index in [0.29, 0.717) is 0 Å². The summed E-state index contributed by atoms with van der Waals surface area (Å²) in [5, 5.41) is 0. The van der Waals surface area contributed by atoms with Crippen LogP contribution in [-0.4, -0.2) is 9.38 Å². The van der Waals surface area contributed by atoms with E-state index in [1.54, 1.807) is 6.20 Å². The predicted molar refractivity (Wildman–Crippen MR) is 43.1 cm³/mol. The van der Waals surface area contributed by atoms with Gasteiger partial charge >= 0.3 is 0 Å². The van der Waals surface area contributed by atoms with Crippen LogP contribution in [0.1, 0.15) is 5.56 Å². The summed E-state index contributed by atoms with van der Waals surface area (Å²) in [5.74, 6) is 2.57. The van der Waals surface area contributed by atoms with Crippen LogP contribution in [0.5, 0.6) is 0 Å². The smallest absolute Gasteiger partial charge is 0.152 e. The van der Waals surface area contributed by atoms with Crippen molar-refractivity contribution < 1.29 is 0 Å². The van der Waals surface area contributed by atoms with Crippen LogP contribution < -0.4 is 0 Å². The summed E-state index contributed by atoms with van der Waals surface area (Å²) >= 11 is 0. The molecule has 0 saturated carbocycles. The van der Waals surface area contributed by atoms with Crippen molar-refractivity contribution >= 4 is 5.65 Å². The van der Waals surface area contributed by atoms with E-state index in [2.05, 4.69) is 10.9 Å². The molecule has 0 radical (unpaired) electrons. The lowest BCUT2D eigenvalue weighted by Crippen LogP contribution is -1.85. The zero-order chi connectivity index (χ0) is 7.68. The number of nitrogens with zero attached hydrogens (tertiary/aromatic N) is 2. The number of terminal acetylenes is 1. The van der Waals surface area contributed by atoms with Gasteiger partial charge in [0, 0.05) is 18.6 Å². The highest BCUT2D eigenvalue weighted by molar-refractivity contribution is 5.55. The molecule has 2 aromatic rings. The Balaban J connectivity index is 2.92. The molecule has 2 aromatic heterocycles. The van der Waals surface area contributed by atoms with Gasteiger partial charge in [-0.25, -0.2) is 4.98 Å². The molecule has 0 aliphatic rings. The van der Waals surface area contributed by atoms with Gasteiger partial charge in [0.25, 0.3) is 0 Å². The largest absolute Gasteiger partial charge is 0.306 e. The highest BCUT2D eigenvalue weighted by atomic mass is 15.0. The molecular formula is C9H6N2. The lowest BCUT2D eigenvalue weighted by Gasteiger charge is -1.93. The van der Waals surface area contributed by atoms with Crippen LogP contribution in [0.2, 0.25) is 0 Å². The summed E-state index contributed by atoms with van der Waals surface area (Å²) in [6, 6.07) is 3.78. The van der Waals surface area contributed by atoms with Gasteiger partial charge in [-0.3, -0.25) is 0 Å². The van der Waals surface area contributed by atoms with Crippen molar-refractivity contribution in [3.63, 3.8) is 0 Å². The molecule has 0 amide bonds. The molecule has 0 aromatic carbocycles. The van der Waals surface area contributed by atoms with Gasteiger partial charge in [-0.2, -0.15) is 0 Å². The van der Waals surface area contributed by atoms with Gasteiger partial charge in [0.15, 0.2) is 5.65 Å². The molecule has 52 valence electrons. The van der Waals surface area contributed by atoms with Crippen LogP contribution in [0.3, 0.4) is 0 Å². The maximum atomic E-state index is 5.27. The lowest BCUT2D eigenvalue weighted by molar-refractivity contribution is 1.18. The minimum Gasteiger partial charge on any atom is -0.306 e. The van der Waals surface area contributed by atoms with Gasteiger partial charge in [-0.05, 0) is 12.1 Å². The van der Waals surface area contributed by atoms with E-state index in [1.807, 2.05) is 28.9 Å². The molecule has 0 unspecified atom stereocenters. The zero-order valence-corrected chi connectivity index (χ0v) is 5.86. The maximum Gasteiger partial charge on any atom is 0.152 e. The molecule has 0 aliphatic carbocycles. The minimum absolute atomic E-state index is 0.831. The second-order valence-corrected chi connectivity index (χ2v) is 2.22. The van der Waals surface area contributed by atoms with Crippen molar-refractivity contribution in [2.24, 2.45) is 0 Å². The second-order valence-electron chi connectivity index (χ2n) is 2.22. The Morgan fingerprint density at radius 3 is 3.18 bits per heavy atom. The van der Waals surface area contributed by atoms with Crippen molar-refractivity contribution in [2.45, 2.75) is 0 Å². The first-order valence-corrected chi connectivity index (χ1v) is 3.30. The zero-order valence-electron chi connectivity index (χ0n) is 5.86. The number of fused-ring (bicyclic) bond motifs is 1. The highest BCUT2D eigenvalue weighted by Gasteiger charge is 1.96. The van der Waals surface area contributed by atoms with E-state index in [4.69, 9.17) is 6.42 Å². The number of aromatic nitrogens is 2. The van der Waals surface area contributed by atoms with Crippen molar-refractivity contribution in [1.82, 2.24) is 9.38 Å². The van der Waals surface area contributed by atoms with Crippen molar-refractivity contribution in [3.8, 4) is 12.3 Å². The average molecular weight is 142 g/mol. The first-order chi connectivity index (χ1) is 5.42. The molecule has 11 heavy (non-hydrogen) atoms. The third-order valence-electron chi connectivity index (χ3n) is 1.57. The summed E-state index contributed by atoms with van der Waals surface area (Å²) in [7, 11) is 0. The fourth-order valence-corrected chi connectivity index (χ4v) is 1.06. The number of imidazole rings is 1. The Bertz CT molecular complexity index is 420. The molecule has 0 fully saturated rings. The minimum atomic E-state index is 0.831. The van der Waals surface area contributed by atoms with E-state index < -0.39 is 0 Å². The highest BCUT2D eigenvalue weighted by Crippen LogP contribution is 2.05. The fourth-order valence-electron chi connectivity index (χ4n) is 1.06. The summed E-state index contributed by atoms with van der Waals surface area (Å²) in [6.07, 6.45) is 10.8. The van der Waals surface area contributed by atoms with Crippen LogP contribution in [0, 0.1) is 12.3 Å². The SMILES string of the molecule is C#Cc1cccn2ccnc12. The average Bonchev–Trinajstić information content (AvgIpc) is 2.50. The Hall–Kier alpha value is -1.75. The summed E-state index contributed by atoms with van der Waals surface area (Å²) in [5.41, 5.74) is 1.67. The molecule has 0 aliphatic heterocycles. The Labute approximate surface area is 64.5 Å². The summed E-state index contributed by atoms with van der Waals surface area (Å²) in [4.78, 5) is 4.11. The third kappa shape index (κ3) is 0.786. The van der Waals surface area contributed by atoms with Crippen molar-refractivity contribution in [1.29, 1.82) is 0 Å². The third-order valence-corrected chi connectivity index (χ3v) is 1.57. The molecule has 0 atom stereocenters. The predicted octanol–water partition coefficient (Wildman–Crippen LogP) is 1.32. The van der Waals surface area contributed by atoms with Gasteiger partial charge in [0.05, 0.1) is 5.56 Å². The van der Waals surface area contributed by atoms with Gasteiger partial charge < -0.3 is 4.40 Å². The molecule has 2 nitrogen and oxygen atoms in total. The van der Waals surface area contributed by atoms with E-state index in [-0.39, 0.29) is 0 Å². The molecule has 0 spiro atoms. The van der Waals surface area contributed by atoms with Gasteiger partial charge in [0.1, 0.15) is 0 Å². The second kappa shape index (κ2) is 2.14. The van der Waals surface area contributed by atoms with Crippen LogP contribution in [-0.2, 0) is 0 Å². The maximum absolute atomic E-state index is 5.27. The van der Waals surface area contributed by atoms with E-state index in [9.17, 15) is 0 Å². The number of rotatable bonds is 0. The molecule has 2 rings (SSSR count). The Morgan fingerprint density at radius 1 is 1.45 bits per heavy atom. The number of hydrogen-bond acceptors (Lipinski definition) is 1. The summed E-state index contributed by atoms with van der Waals surface area (Å²) in [6.45, 7) is 0.